The number of hydrogen-bond donors (Lipinski definition) is 6. The fraction of sp³-hybridized carbons (Fsp3) is 0.881. The number of rotatable bonds is 74. The molecule has 7 unspecified atom stereocenters. The van der Waals surface area contributed by atoms with Gasteiger partial charge in [0.25, 0.3) is 0 Å². The summed E-state index contributed by atoms with van der Waals surface area (Å²) in [5.74, 6) is -0.171. The molecule has 1 aliphatic rings. The van der Waals surface area contributed by atoms with Crippen molar-refractivity contribution in [3.05, 3.63) is 48.6 Å². The predicted molar refractivity (Wildman–Crippen MR) is 403 cm³/mol. The zero-order valence-corrected chi connectivity index (χ0v) is 62.4. The van der Waals surface area contributed by atoms with E-state index >= 15 is 0 Å². The Bertz CT molecular complexity index is 1720. The van der Waals surface area contributed by atoms with Crippen molar-refractivity contribution in [2.45, 2.75) is 455 Å². The van der Waals surface area contributed by atoms with Gasteiger partial charge < -0.3 is 45.1 Å². The number of allylic oxidation sites excluding steroid dienone is 7. The highest BCUT2D eigenvalue weighted by molar-refractivity contribution is 5.76. The summed E-state index contributed by atoms with van der Waals surface area (Å²) < 4.78 is 16.8. The maximum atomic E-state index is 13.1. The Morgan fingerprint density at radius 1 is 0.379 bits per heavy atom. The Labute approximate surface area is 586 Å². The Balaban J connectivity index is 1.91. The number of aliphatic hydroxyl groups is 5. The molecule has 6 N–H and O–H groups in total. The number of hydrogen-bond acceptors (Lipinski definition) is 10. The fourth-order valence-corrected chi connectivity index (χ4v) is 13.2. The van der Waals surface area contributed by atoms with E-state index in [2.05, 4.69) is 55.6 Å². The van der Waals surface area contributed by atoms with Gasteiger partial charge in [-0.05, 0) is 83.5 Å². The van der Waals surface area contributed by atoms with Crippen molar-refractivity contribution in [2.24, 2.45) is 0 Å². The molecule has 0 aromatic carbocycles. The molecule has 95 heavy (non-hydrogen) atoms. The maximum Gasteiger partial charge on any atom is 0.305 e. The van der Waals surface area contributed by atoms with Gasteiger partial charge in [0.2, 0.25) is 5.91 Å². The normalized spacial score (nSPS) is 17.6. The van der Waals surface area contributed by atoms with Crippen LogP contribution in [0.5, 0.6) is 0 Å². The quantitative estimate of drug-likeness (QED) is 0.0195. The predicted octanol–water partition coefficient (Wildman–Crippen LogP) is 22.6. The van der Waals surface area contributed by atoms with Gasteiger partial charge in [0, 0.05) is 12.8 Å². The van der Waals surface area contributed by atoms with Crippen LogP contribution >= 0.6 is 0 Å². The summed E-state index contributed by atoms with van der Waals surface area (Å²) >= 11 is 0. The lowest BCUT2D eigenvalue weighted by Crippen LogP contribution is -2.60. The first-order chi connectivity index (χ1) is 46.7. The van der Waals surface area contributed by atoms with E-state index in [1.807, 2.05) is 6.08 Å². The first kappa shape index (κ1) is 90.6. The average molecular weight is 1340 g/mol. The van der Waals surface area contributed by atoms with E-state index in [0.717, 1.165) is 64.2 Å². The smallest absolute Gasteiger partial charge is 0.305 e. The molecule has 0 aromatic rings. The molecule has 0 radical (unpaired) electrons. The zero-order valence-electron chi connectivity index (χ0n) is 62.4. The summed E-state index contributed by atoms with van der Waals surface area (Å²) in [7, 11) is 0. The summed E-state index contributed by atoms with van der Waals surface area (Å²) in [6, 6.07) is -0.832. The second-order valence-electron chi connectivity index (χ2n) is 28.8. The number of carbonyl (C=O) groups is 2. The first-order valence-electron chi connectivity index (χ1n) is 41.4. The lowest BCUT2D eigenvalue weighted by Gasteiger charge is -2.40. The van der Waals surface area contributed by atoms with E-state index < -0.39 is 49.5 Å². The Morgan fingerprint density at radius 2 is 0.684 bits per heavy atom. The van der Waals surface area contributed by atoms with Gasteiger partial charge in [-0.25, -0.2) is 0 Å². The summed E-state index contributed by atoms with van der Waals surface area (Å²) in [6.07, 6.45) is 87.3. The number of amides is 1. The van der Waals surface area contributed by atoms with Crippen molar-refractivity contribution < 1.29 is 49.3 Å². The van der Waals surface area contributed by atoms with Gasteiger partial charge in [0.15, 0.2) is 6.29 Å². The number of unbranched alkanes of at least 4 members (excludes halogenated alkanes) is 54. The van der Waals surface area contributed by atoms with E-state index in [1.54, 1.807) is 6.08 Å². The fourth-order valence-electron chi connectivity index (χ4n) is 13.2. The third-order valence-electron chi connectivity index (χ3n) is 19.6. The summed E-state index contributed by atoms with van der Waals surface area (Å²) in [5, 5.41) is 54.6. The molecule has 1 amide bonds. The molecule has 0 bridgehead atoms. The Kier molecular flexibility index (Phi) is 69.5. The second-order valence-corrected chi connectivity index (χ2v) is 28.8. The van der Waals surface area contributed by atoms with Gasteiger partial charge in [-0.3, -0.25) is 9.59 Å². The number of aliphatic hydroxyl groups excluding tert-OH is 5. The average Bonchev–Trinajstić information content (AvgIpc) is 0.850. The van der Waals surface area contributed by atoms with Crippen molar-refractivity contribution in [3.8, 4) is 0 Å². The molecular weight excluding hydrogens is 1180 g/mol. The van der Waals surface area contributed by atoms with Crippen molar-refractivity contribution in [1.82, 2.24) is 5.32 Å². The van der Waals surface area contributed by atoms with E-state index in [1.165, 1.54) is 321 Å². The molecule has 1 aliphatic heterocycles. The van der Waals surface area contributed by atoms with Gasteiger partial charge in [-0.2, -0.15) is 0 Å². The molecule has 0 saturated carbocycles. The Morgan fingerprint density at radius 3 is 1.04 bits per heavy atom. The molecule has 11 heteroatoms. The highest BCUT2D eigenvalue weighted by atomic mass is 16.7. The number of esters is 1. The summed E-state index contributed by atoms with van der Waals surface area (Å²) in [4.78, 5) is 25.2. The molecule has 1 fully saturated rings. The molecule has 0 spiro atoms. The van der Waals surface area contributed by atoms with E-state index in [9.17, 15) is 35.1 Å². The minimum atomic E-state index is -1.58. The molecule has 0 aromatic heterocycles. The zero-order chi connectivity index (χ0) is 68.6. The minimum Gasteiger partial charge on any atom is -0.466 e. The molecule has 558 valence electrons. The van der Waals surface area contributed by atoms with Gasteiger partial charge in [-0.15, -0.1) is 0 Å². The van der Waals surface area contributed by atoms with Crippen LogP contribution in [0.25, 0.3) is 0 Å². The molecule has 7 atom stereocenters. The van der Waals surface area contributed by atoms with Crippen LogP contribution in [-0.4, -0.2) is 100 Å². The van der Waals surface area contributed by atoms with Crippen LogP contribution in [0.3, 0.4) is 0 Å². The van der Waals surface area contributed by atoms with Crippen molar-refractivity contribution in [3.63, 3.8) is 0 Å². The monoisotopic (exact) mass is 1340 g/mol. The van der Waals surface area contributed by atoms with Crippen molar-refractivity contribution in [2.75, 3.05) is 19.8 Å². The third-order valence-corrected chi connectivity index (χ3v) is 19.6. The molecule has 0 aliphatic carbocycles. The number of nitrogens with one attached hydrogen (secondary N) is 1. The van der Waals surface area contributed by atoms with Crippen LogP contribution in [0.2, 0.25) is 0 Å². The topological polar surface area (TPSA) is 175 Å². The minimum absolute atomic E-state index is 0.0186. The van der Waals surface area contributed by atoms with Crippen LogP contribution in [0, 0.1) is 0 Å². The Hall–Kier alpha value is -2.38. The lowest BCUT2D eigenvalue weighted by atomic mass is 9.99. The van der Waals surface area contributed by atoms with Gasteiger partial charge >= 0.3 is 5.97 Å². The molecule has 1 rings (SSSR count). The SMILES string of the molecule is CCCCCCC/C=C/CC/C=C/CC/C=C/C(O)C(COC1OC(CO)C(O)C(O)C1O)NC(=O)CCCCCCCCCCCCCCCCCCC/C=C\CCCCCCCCCCCCCCCCCCCCOC(=O)CCCCCCCCCCCCCCC. The van der Waals surface area contributed by atoms with Crippen molar-refractivity contribution in [1.29, 1.82) is 0 Å². The van der Waals surface area contributed by atoms with Gasteiger partial charge in [0.05, 0.1) is 32.0 Å². The van der Waals surface area contributed by atoms with E-state index in [-0.39, 0.29) is 18.5 Å². The van der Waals surface area contributed by atoms with Gasteiger partial charge in [0.1, 0.15) is 24.4 Å². The molecular formula is C84H157NO10. The van der Waals surface area contributed by atoms with Gasteiger partial charge in [-0.1, -0.05) is 364 Å². The highest BCUT2D eigenvalue weighted by Gasteiger charge is 2.44. The molecule has 1 saturated heterocycles. The summed E-state index contributed by atoms with van der Waals surface area (Å²) in [5.41, 5.74) is 0. The van der Waals surface area contributed by atoms with Crippen LogP contribution in [0.1, 0.15) is 412 Å². The van der Waals surface area contributed by atoms with E-state index in [4.69, 9.17) is 14.2 Å². The van der Waals surface area contributed by atoms with Crippen LogP contribution in [0.15, 0.2) is 48.6 Å². The van der Waals surface area contributed by atoms with Crippen LogP contribution in [0.4, 0.5) is 0 Å². The number of carbonyl (C=O) groups excluding carboxylic acids is 2. The maximum absolute atomic E-state index is 13.1. The first-order valence-corrected chi connectivity index (χ1v) is 41.4. The van der Waals surface area contributed by atoms with Crippen LogP contribution in [-0.2, 0) is 23.8 Å². The summed E-state index contributed by atoms with van der Waals surface area (Å²) in [6.45, 7) is 4.37. The second kappa shape index (κ2) is 72.9. The highest BCUT2D eigenvalue weighted by Crippen LogP contribution is 2.24. The van der Waals surface area contributed by atoms with E-state index in [0.29, 0.717) is 19.4 Å². The van der Waals surface area contributed by atoms with Crippen molar-refractivity contribution >= 4 is 11.9 Å². The number of ether oxygens (including phenoxy) is 3. The largest absolute Gasteiger partial charge is 0.466 e. The lowest BCUT2D eigenvalue weighted by molar-refractivity contribution is -0.302. The molecule has 11 nitrogen and oxygen atoms in total. The molecule has 1 heterocycles. The third kappa shape index (κ3) is 61.2. The standard InChI is InChI=1S/C84H157NO10/c1-3-5-7-9-11-13-15-17-43-47-50-54-58-62-66-70-77(87)76(75-94-84-83(92)82(91)81(90)78(74-86)95-84)85-79(88)71-67-63-59-55-51-48-44-41-39-37-35-33-31-29-27-25-23-21-19-18-20-22-24-26-28-30-32-34-36-38-40-42-45-49-53-57-61-65-69-73-93-80(89)72-68-64-60-56-52-46-16-14-12-10-8-6-4-2/h15,17-19,50,54,66,70,76-78,81-84,86-87,90-92H,3-14,16,20-49,51-53,55-65,67-69,71-75H2,1-2H3,(H,85,88)/b17-15+,19-18-,54-50+,70-66+. The van der Waals surface area contributed by atoms with Crippen LogP contribution < -0.4 is 5.32 Å².